The summed E-state index contributed by atoms with van der Waals surface area (Å²) in [5.74, 6) is 2.31. The maximum atomic E-state index is 4.64. The minimum Gasteiger partial charge on any atom is -0.130 e. The Hall–Kier alpha value is 0.290. The molecular formula is C11H21Cl. The van der Waals surface area contributed by atoms with Crippen LogP contribution in [0.25, 0.3) is 0 Å². The highest BCUT2D eigenvalue weighted by Gasteiger charge is 2.26. The van der Waals surface area contributed by atoms with Gasteiger partial charge in [0.05, 0.1) is 0 Å². The summed E-state index contributed by atoms with van der Waals surface area (Å²) in [4.78, 5) is 0. The lowest BCUT2D eigenvalue weighted by Gasteiger charge is -2.35. The van der Waals surface area contributed by atoms with E-state index in [0.717, 1.165) is 11.8 Å². The number of hydrogen-bond donors (Lipinski definition) is 0. The highest BCUT2D eigenvalue weighted by atomic mass is 35.5. The molecule has 12 heavy (non-hydrogen) atoms. The van der Waals surface area contributed by atoms with Gasteiger partial charge in [-0.2, -0.15) is 0 Å². The fourth-order valence-corrected chi connectivity index (χ4v) is 2.86. The van der Waals surface area contributed by atoms with Gasteiger partial charge in [0.25, 0.3) is 0 Å². The van der Waals surface area contributed by atoms with Crippen molar-refractivity contribution in [3.8, 4) is 0 Å². The van der Waals surface area contributed by atoms with Gasteiger partial charge >= 0.3 is 0 Å². The van der Waals surface area contributed by atoms with Gasteiger partial charge < -0.3 is 0 Å². The Balaban J connectivity index is 0.000000336. The zero-order chi connectivity index (χ0) is 8.81. The van der Waals surface area contributed by atoms with Crippen LogP contribution in [0, 0.1) is 11.8 Å². The molecule has 0 heterocycles. The molecule has 0 spiro atoms. The van der Waals surface area contributed by atoms with Gasteiger partial charge in [-0.1, -0.05) is 51.4 Å². The minimum atomic E-state index is 1.16. The molecule has 72 valence electrons. The molecule has 2 fully saturated rings. The van der Waals surface area contributed by atoms with Gasteiger partial charge in [0, 0.05) is 6.38 Å². The smallest absolute Gasteiger partial charge is 0.0108 e. The van der Waals surface area contributed by atoms with Crippen molar-refractivity contribution < 1.29 is 0 Å². The Morgan fingerprint density at radius 2 is 0.917 bits per heavy atom. The Labute approximate surface area is 81.7 Å². The van der Waals surface area contributed by atoms with E-state index in [1.54, 1.807) is 25.7 Å². The lowest BCUT2D eigenvalue weighted by Crippen LogP contribution is -2.22. The second kappa shape index (κ2) is 5.85. The molecule has 0 N–H and O–H groups in total. The Morgan fingerprint density at radius 3 is 1.17 bits per heavy atom. The van der Waals surface area contributed by atoms with Gasteiger partial charge in [0.15, 0.2) is 0 Å². The summed E-state index contributed by atoms with van der Waals surface area (Å²) in [6.45, 7) is 0. The van der Waals surface area contributed by atoms with Crippen molar-refractivity contribution in [3.63, 3.8) is 0 Å². The molecule has 0 atom stereocenters. The van der Waals surface area contributed by atoms with Crippen molar-refractivity contribution in [1.82, 2.24) is 0 Å². The van der Waals surface area contributed by atoms with Gasteiger partial charge in [0.1, 0.15) is 0 Å². The van der Waals surface area contributed by atoms with Crippen LogP contribution in [0.5, 0.6) is 0 Å². The number of halogens is 1. The van der Waals surface area contributed by atoms with E-state index in [0.29, 0.717) is 0 Å². The van der Waals surface area contributed by atoms with Crippen molar-refractivity contribution in [1.29, 1.82) is 0 Å². The molecular weight excluding hydrogens is 168 g/mol. The number of hydrogen-bond acceptors (Lipinski definition) is 0. The van der Waals surface area contributed by atoms with Crippen LogP contribution in [0.1, 0.15) is 51.4 Å². The summed E-state index contributed by atoms with van der Waals surface area (Å²) in [5, 5.41) is 0. The topological polar surface area (TPSA) is 0 Å². The van der Waals surface area contributed by atoms with E-state index in [-0.39, 0.29) is 0 Å². The quantitative estimate of drug-likeness (QED) is 0.500. The normalized spacial score (nSPS) is 34.5. The average molecular weight is 189 g/mol. The van der Waals surface area contributed by atoms with Crippen LogP contribution in [0.15, 0.2) is 0 Å². The zero-order valence-corrected chi connectivity index (χ0v) is 8.95. The monoisotopic (exact) mass is 188 g/mol. The standard InChI is InChI=1S/C10H18.CH3Cl/c1-2-6-10-8-4-3-7-9(10)5-1;1-2/h9-10H,1-8H2;1H3. The molecule has 2 rings (SSSR count). The Kier molecular flexibility index (Phi) is 5.06. The SMILES string of the molecule is C1CCC2CCCCC2C1.CCl. The first-order chi connectivity index (χ1) is 5.97. The van der Waals surface area contributed by atoms with E-state index in [2.05, 4.69) is 11.6 Å². The van der Waals surface area contributed by atoms with Crippen molar-refractivity contribution in [3.05, 3.63) is 0 Å². The third kappa shape index (κ3) is 2.65. The third-order valence-corrected chi connectivity index (χ3v) is 3.47. The summed E-state index contributed by atoms with van der Waals surface area (Å²) >= 11 is 4.64. The van der Waals surface area contributed by atoms with E-state index in [4.69, 9.17) is 0 Å². The summed E-state index contributed by atoms with van der Waals surface area (Å²) < 4.78 is 0. The maximum Gasteiger partial charge on any atom is 0.0108 e. The third-order valence-electron chi connectivity index (χ3n) is 3.47. The number of fused-ring (bicyclic) bond motifs is 1. The summed E-state index contributed by atoms with van der Waals surface area (Å²) in [5.41, 5.74) is 0. The molecule has 0 saturated heterocycles. The average Bonchev–Trinajstić information content (AvgIpc) is 2.21. The second-order valence-electron chi connectivity index (χ2n) is 4.09. The number of alkyl halides is 1. The van der Waals surface area contributed by atoms with Gasteiger partial charge in [-0.05, 0) is 11.8 Å². The van der Waals surface area contributed by atoms with Crippen LogP contribution in [0.3, 0.4) is 0 Å². The van der Waals surface area contributed by atoms with Crippen molar-refractivity contribution >= 4 is 11.6 Å². The van der Waals surface area contributed by atoms with Crippen LogP contribution >= 0.6 is 11.6 Å². The van der Waals surface area contributed by atoms with Crippen LogP contribution in [0.4, 0.5) is 0 Å². The molecule has 0 aromatic heterocycles. The maximum absolute atomic E-state index is 4.64. The van der Waals surface area contributed by atoms with Gasteiger partial charge in [0.2, 0.25) is 0 Å². The highest BCUT2D eigenvalue weighted by Crippen LogP contribution is 2.39. The molecule has 0 aromatic rings. The molecule has 2 aliphatic rings. The van der Waals surface area contributed by atoms with E-state index in [1.165, 1.54) is 32.1 Å². The van der Waals surface area contributed by atoms with Crippen LogP contribution in [0.2, 0.25) is 0 Å². The van der Waals surface area contributed by atoms with Gasteiger partial charge in [-0.3, -0.25) is 0 Å². The first-order valence-electron chi connectivity index (χ1n) is 5.34. The summed E-state index contributed by atoms with van der Waals surface area (Å²) in [7, 11) is 0. The second-order valence-corrected chi connectivity index (χ2v) is 4.09. The molecule has 0 unspecified atom stereocenters. The van der Waals surface area contributed by atoms with Crippen LogP contribution in [-0.2, 0) is 0 Å². The lowest BCUT2D eigenvalue weighted by molar-refractivity contribution is 0.171. The molecule has 0 radical (unpaired) electrons. The molecule has 0 nitrogen and oxygen atoms in total. The lowest BCUT2D eigenvalue weighted by atomic mass is 9.71. The summed E-state index contributed by atoms with van der Waals surface area (Å²) in [6.07, 6.45) is 13.8. The van der Waals surface area contributed by atoms with E-state index in [9.17, 15) is 0 Å². The largest absolute Gasteiger partial charge is 0.130 e. The molecule has 0 aromatic carbocycles. The zero-order valence-electron chi connectivity index (χ0n) is 8.19. The van der Waals surface area contributed by atoms with Gasteiger partial charge in [-0.25, -0.2) is 0 Å². The fourth-order valence-electron chi connectivity index (χ4n) is 2.86. The molecule has 0 bridgehead atoms. The molecule has 0 aliphatic heterocycles. The molecule has 1 heteroatoms. The van der Waals surface area contributed by atoms with Crippen LogP contribution < -0.4 is 0 Å². The van der Waals surface area contributed by atoms with E-state index >= 15 is 0 Å². The molecule has 0 amide bonds. The van der Waals surface area contributed by atoms with Crippen molar-refractivity contribution in [2.24, 2.45) is 11.8 Å². The first kappa shape index (κ1) is 10.4. The highest BCUT2D eigenvalue weighted by molar-refractivity contribution is 6.15. The predicted molar refractivity (Wildman–Crippen MR) is 55.7 cm³/mol. The number of rotatable bonds is 0. The molecule has 2 saturated carbocycles. The van der Waals surface area contributed by atoms with Crippen molar-refractivity contribution in [2.75, 3.05) is 6.38 Å². The first-order valence-corrected chi connectivity index (χ1v) is 6.10. The minimum absolute atomic E-state index is 1.16. The fraction of sp³-hybridized carbons (Fsp3) is 1.00. The van der Waals surface area contributed by atoms with Gasteiger partial charge in [-0.15, -0.1) is 11.6 Å². The van der Waals surface area contributed by atoms with Crippen molar-refractivity contribution in [2.45, 2.75) is 51.4 Å². The summed E-state index contributed by atoms with van der Waals surface area (Å²) in [6, 6.07) is 0. The van der Waals surface area contributed by atoms with E-state index < -0.39 is 0 Å². The Bertz CT molecular complexity index is 85.6. The Morgan fingerprint density at radius 1 is 0.667 bits per heavy atom. The molecule has 2 aliphatic carbocycles. The van der Waals surface area contributed by atoms with Crippen LogP contribution in [-0.4, -0.2) is 6.38 Å². The predicted octanol–water partition coefficient (Wildman–Crippen LogP) is 4.22. The van der Waals surface area contributed by atoms with E-state index in [1.807, 2.05) is 0 Å².